The van der Waals surface area contributed by atoms with Crippen molar-refractivity contribution in [3.63, 3.8) is 0 Å². The van der Waals surface area contributed by atoms with E-state index in [9.17, 15) is 0 Å². The molecule has 5 nitrogen and oxygen atoms in total. The number of hydrogen-bond donors (Lipinski definition) is 2. The van der Waals surface area contributed by atoms with Crippen molar-refractivity contribution in [2.75, 3.05) is 10.6 Å². The summed E-state index contributed by atoms with van der Waals surface area (Å²) in [6.45, 7) is 7.08. The zero-order valence-corrected chi connectivity index (χ0v) is 15.5. The molecule has 0 unspecified atom stereocenters. The Kier molecular flexibility index (Phi) is 5.79. The van der Waals surface area contributed by atoms with E-state index in [1.54, 1.807) is 12.4 Å². The molecule has 2 aromatic heterocycles. The summed E-state index contributed by atoms with van der Waals surface area (Å²) in [5, 5.41) is 6.79. The summed E-state index contributed by atoms with van der Waals surface area (Å²) in [6, 6.07) is 14.7. The van der Waals surface area contributed by atoms with Crippen LogP contribution < -0.4 is 10.6 Å². The highest BCUT2D eigenvalue weighted by molar-refractivity contribution is 5.64. The van der Waals surface area contributed by atoms with Crippen LogP contribution in [0, 0.1) is 6.92 Å². The van der Waals surface area contributed by atoms with E-state index >= 15 is 0 Å². The highest BCUT2D eigenvalue weighted by atomic mass is 15.2. The maximum Gasteiger partial charge on any atom is 0.225 e. The molecule has 3 aromatic rings. The second-order valence-electron chi connectivity index (χ2n) is 6.49. The van der Waals surface area contributed by atoms with Crippen LogP contribution in [0.3, 0.4) is 0 Å². The molecule has 0 amide bonds. The van der Waals surface area contributed by atoms with Gasteiger partial charge in [0.25, 0.3) is 0 Å². The van der Waals surface area contributed by atoms with Crippen molar-refractivity contribution in [3.8, 4) is 11.3 Å². The molecule has 1 atom stereocenters. The molecule has 2 heterocycles. The monoisotopic (exact) mass is 347 g/mol. The third-order valence-corrected chi connectivity index (χ3v) is 4.28. The minimum atomic E-state index is 0.313. The van der Waals surface area contributed by atoms with E-state index in [0.29, 0.717) is 12.0 Å². The second-order valence-corrected chi connectivity index (χ2v) is 6.49. The molecule has 1 aromatic carbocycles. The Bertz CT molecular complexity index is 831. The van der Waals surface area contributed by atoms with E-state index in [0.717, 1.165) is 30.0 Å². The van der Waals surface area contributed by atoms with Crippen molar-refractivity contribution in [2.24, 2.45) is 0 Å². The molecular formula is C21H25N5. The van der Waals surface area contributed by atoms with Gasteiger partial charge in [-0.3, -0.25) is 4.98 Å². The molecule has 5 heteroatoms. The lowest BCUT2D eigenvalue weighted by atomic mass is 10.1. The Morgan fingerprint density at radius 3 is 2.42 bits per heavy atom. The summed E-state index contributed by atoms with van der Waals surface area (Å²) < 4.78 is 0. The summed E-state index contributed by atoms with van der Waals surface area (Å²) in [6.07, 6.45) is 4.56. The van der Waals surface area contributed by atoms with Crippen LogP contribution in [0.5, 0.6) is 0 Å². The van der Waals surface area contributed by atoms with E-state index in [-0.39, 0.29) is 0 Å². The second kappa shape index (κ2) is 8.43. The Labute approximate surface area is 154 Å². The number of aromatic nitrogens is 3. The number of nitrogens with one attached hydrogen (secondary N) is 2. The van der Waals surface area contributed by atoms with E-state index in [4.69, 9.17) is 0 Å². The molecule has 0 saturated heterocycles. The van der Waals surface area contributed by atoms with Crippen molar-refractivity contribution in [1.29, 1.82) is 0 Å². The van der Waals surface area contributed by atoms with Gasteiger partial charge in [0.1, 0.15) is 5.82 Å². The molecule has 26 heavy (non-hydrogen) atoms. The molecule has 134 valence electrons. The number of pyridine rings is 1. The first-order valence-corrected chi connectivity index (χ1v) is 8.99. The van der Waals surface area contributed by atoms with Crippen LogP contribution in [0.15, 0.2) is 54.9 Å². The van der Waals surface area contributed by atoms with Gasteiger partial charge in [-0.1, -0.05) is 36.8 Å². The molecule has 0 aliphatic carbocycles. The number of nitrogens with zero attached hydrogens (tertiary/aromatic N) is 3. The minimum absolute atomic E-state index is 0.313. The lowest BCUT2D eigenvalue weighted by molar-refractivity contribution is 0.753. The third-order valence-electron chi connectivity index (χ3n) is 4.28. The van der Waals surface area contributed by atoms with Gasteiger partial charge >= 0.3 is 0 Å². The first kappa shape index (κ1) is 17.9. The van der Waals surface area contributed by atoms with Gasteiger partial charge in [-0.25, -0.2) is 4.98 Å². The fourth-order valence-electron chi connectivity index (χ4n) is 2.49. The van der Waals surface area contributed by atoms with Crippen LogP contribution in [0.4, 0.5) is 11.8 Å². The molecule has 0 spiro atoms. The van der Waals surface area contributed by atoms with Crippen molar-refractivity contribution in [1.82, 2.24) is 15.0 Å². The molecule has 0 saturated carbocycles. The standard InChI is InChI=1S/C21H25N5/c1-4-16(3)24-21-25-19(18-9-11-22-12-10-18)13-20(26-21)23-14-17-7-5-15(2)6-8-17/h5-13,16H,4,14H2,1-3H3,(H2,23,24,25,26)/t16-/m1/s1. The number of rotatable bonds is 7. The summed E-state index contributed by atoms with van der Waals surface area (Å²) in [5.41, 5.74) is 4.37. The zero-order valence-electron chi connectivity index (χ0n) is 15.5. The Morgan fingerprint density at radius 2 is 1.73 bits per heavy atom. The van der Waals surface area contributed by atoms with Crippen LogP contribution >= 0.6 is 0 Å². The van der Waals surface area contributed by atoms with E-state index < -0.39 is 0 Å². The molecular weight excluding hydrogens is 322 g/mol. The number of benzene rings is 1. The lowest BCUT2D eigenvalue weighted by Crippen LogP contribution is -2.16. The van der Waals surface area contributed by atoms with E-state index in [2.05, 4.69) is 70.6 Å². The average molecular weight is 347 g/mol. The summed E-state index contributed by atoms with van der Waals surface area (Å²) in [4.78, 5) is 13.4. The average Bonchev–Trinajstić information content (AvgIpc) is 2.68. The lowest BCUT2D eigenvalue weighted by Gasteiger charge is -2.14. The number of hydrogen-bond acceptors (Lipinski definition) is 5. The molecule has 0 aliphatic rings. The van der Waals surface area contributed by atoms with Gasteiger partial charge in [0.05, 0.1) is 5.69 Å². The number of anilines is 2. The van der Waals surface area contributed by atoms with Gasteiger partial charge in [0.2, 0.25) is 5.95 Å². The fourth-order valence-corrected chi connectivity index (χ4v) is 2.49. The van der Waals surface area contributed by atoms with Crippen molar-refractivity contribution in [3.05, 3.63) is 66.0 Å². The summed E-state index contributed by atoms with van der Waals surface area (Å²) in [5.74, 6) is 1.44. The van der Waals surface area contributed by atoms with Crippen LogP contribution in [-0.2, 0) is 6.54 Å². The van der Waals surface area contributed by atoms with E-state index in [1.165, 1.54) is 11.1 Å². The van der Waals surface area contributed by atoms with Crippen molar-refractivity contribution >= 4 is 11.8 Å². The first-order chi connectivity index (χ1) is 12.6. The summed E-state index contributed by atoms with van der Waals surface area (Å²) in [7, 11) is 0. The molecule has 0 radical (unpaired) electrons. The quantitative estimate of drug-likeness (QED) is 0.650. The summed E-state index contributed by atoms with van der Waals surface area (Å²) >= 11 is 0. The molecule has 0 bridgehead atoms. The zero-order chi connectivity index (χ0) is 18.4. The van der Waals surface area contributed by atoms with Gasteiger partial charge in [0, 0.05) is 36.6 Å². The molecule has 2 N–H and O–H groups in total. The van der Waals surface area contributed by atoms with Gasteiger partial charge in [0.15, 0.2) is 0 Å². The largest absolute Gasteiger partial charge is 0.366 e. The third kappa shape index (κ3) is 4.79. The van der Waals surface area contributed by atoms with Crippen molar-refractivity contribution < 1.29 is 0 Å². The smallest absolute Gasteiger partial charge is 0.225 e. The molecule has 3 rings (SSSR count). The number of aryl methyl sites for hydroxylation is 1. The van der Waals surface area contributed by atoms with Crippen molar-refractivity contribution in [2.45, 2.75) is 39.8 Å². The van der Waals surface area contributed by atoms with Gasteiger partial charge in [-0.2, -0.15) is 4.98 Å². The van der Waals surface area contributed by atoms with E-state index in [1.807, 2.05) is 18.2 Å². The molecule has 0 aliphatic heterocycles. The first-order valence-electron chi connectivity index (χ1n) is 8.99. The maximum atomic E-state index is 4.67. The van der Waals surface area contributed by atoms with Crippen LogP contribution in [0.2, 0.25) is 0 Å². The SMILES string of the molecule is CC[C@@H](C)Nc1nc(NCc2ccc(C)cc2)cc(-c2ccncc2)n1. The van der Waals surface area contributed by atoms with Crippen LogP contribution in [0.1, 0.15) is 31.4 Å². The predicted molar refractivity (Wildman–Crippen MR) is 107 cm³/mol. The Balaban J connectivity index is 1.85. The van der Waals surface area contributed by atoms with Gasteiger partial charge < -0.3 is 10.6 Å². The van der Waals surface area contributed by atoms with Crippen LogP contribution in [0.25, 0.3) is 11.3 Å². The van der Waals surface area contributed by atoms with Crippen LogP contribution in [-0.4, -0.2) is 21.0 Å². The highest BCUT2D eigenvalue weighted by Gasteiger charge is 2.09. The maximum absolute atomic E-state index is 4.67. The van der Waals surface area contributed by atoms with Gasteiger partial charge in [-0.15, -0.1) is 0 Å². The Hall–Kier alpha value is -2.95. The molecule has 0 fully saturated rings. The highest BCUT2D eigenvalue weighted by Crippen LogP contribution is 2.22. The minimum Gasteiger partial charge on any atom is -0.366 e. The predicted octanol–water partition coefficient (Wildman–Crippen LogP) is 4.67. The van der Waals surface area contributed by atoms with Gasteiger partial charge in [-0.05, 0) is 38.0 Å². The normalized spacial score (nSPS) is 11.8. The Morgan fingerprint density at radius 1 is 1.00 bits per heavy atom. The topological polar surface area (TPSA) is 62.7 Å². The fraction of sp³-hybridized carbons (Fsp3) is 0.286.